The van der Waals surface area contributed by atoms with Crippen molar-refractivity contribution in [2.24, 2.45) is 5.73 Å². The predicted molar refractivity (Wildman–Crippen MR) is 137 cm³/mol. The second-order valence-corrected chi connectivity index (χ2v) is 7.88. The molecule has 3 aromatic carbocycles. The molecular weight excluding hydrogens is 476 g/mol. The van der Waals surface area contributed by atoms with Crippen LogP contribution in [0.1, 0.15) is 18.0 Å². The fraction of sp³-hybridized carbons (Fsp3) is 0.0769. The first kappa shape index (κ1) is 24.9. The van der Waals surface area contributed by atoms with Gasteiger partial charge in [0.05, 0.1) is 22.7 Å². The lowest BCUT2D eigenvalue weighted by molar-refractivity contribution is -0.384. The van der Waals surface area contributed by atoms with Gasteiger partial charge < -0.3 is 15.8 Å². The number of nitrogens with two attached hydrogens (primary N) is 1. The van der Waals surface area contributed by atoms with Gasteiger partial charge in [-0.25, -0.2) is 4.79 Å². The molecule has 2 amide bonds. The molecule has 4 aromatic rings. The Morgan fingerprint density at radius 2 is 1.68 bits per heavy atom. The zero-order valence-corrected chi connectivity index (χ0v) is 19.4. The second kappa shape index (κ2) is 11.5. The lowest BCUT2D eigenvalue weighted by atomic mass is 10.0. The molecule has 0 aliphatic carbocycles. The third kappa shape index (κ3) is 6.71. The number of non-ortho nitro benzene ring substituents is 1. The molecule has 1 heterocycles. The van der Waals surface area contributed by atoms with Crippen molar-refractivity contribution in [2.75, 3.05) is 10.6 Å². The Balaban J connectivity index is 1.36. The molecule has 0 aliphatic rings. The number of para-hydroxylation sites is 2. The van der Waals surface area contributed by atoms with E-state index >= 15 is 0 Å². The first-order valence-corrected chi connectivity index (χ1v) is 11.2. The Labute approximate surface area is 211 Å². The van der Waals surface area contributed by atoms with Crippen LogP contribution in [0.3, 0.4) is 0 Å². The van der Waals surface area contributed by atoms with Crippen molar-refractivity contribution < 1.29 is 19.2 Å². The van der Waals surface area contributed by atoms with Crippen LogP contribution in [0.2, 0.25) is 0 Å². The van der Waals surface area contributed by atoms with Crippen LogP contribution in [0.5, 0.6) is 5.75 Å². The van der Waals surface area contributed by atoms with E-state index in [4.69, 9.17) is 10.5 Å². The number of nitro groups is 1. The van der Waals surface area contributed by atoms with Crippen LogP contribution in [0.4, 0.5) is 22.0 Å². The number of carbonyl (C=O) groups excluding carboxylic acids is 2. The van der Waals surface area contributed by atoms with Gasteiger partial charge in [-0.05, 0) is 29.8 Å². The van der Waals surface area contributed by atoms with Crippen LogP contribution in [-0.4, -0.2) is 27.1 Å². The van der Waals surface area contributed by atoms with Crippen LogP contribution in [0.15, 0.2) is 91.0 Å². The lowest BCUT2D eigenvalue weighted by Crippen LogP contribution is -2.22. The fourth-order valence-corrected chi connectivity index (χ4v) is 3.42. The van der Waals surface area contributed by atoms with E-state index in [2.05, 4.69) is 20.8 Å². The number of carbonyl (C=O) groups is 2. The average Bonchev–Trinajstić information content (AvgIpc) is 2.90. The summed E-state index contributed by atoms with van der Waals surface area (Å²) >= 11 is 0. The number of nitrogens with zero attached hydrogens (tertiary/aromatic N) is 3. The van der Waals surface area contributed by atoms with Gasteiger partial charge in [-0.3, -0.25) is 20.2 Å². The average molecular weight is 498 g/mol. The Morgan fingerprint density at radius 1 is 0.919 bits per heavy atom. The van der Waals surface area contributed by atoms with Gasteiger partial charge >= 0.3 is 12.0 Å². The van der Waals surface area contributed by atoms with E-state index in [9.17, 15) is 19.7 Å². The van der Waals surface area contributed by atoms with Gasteiger partial charge in [-0.2, -0.15) is 0 Å². The summed E-state index contributed by atoms with van der Waals surface area (Å²) in [5, 5.41) is 24.3. The van der Waals surface area contributed by atoms with Gasteiger partial charge in [-0.1, -0.05) is 54.6 Å². The third-order valence-electron chi connectivity index (χ3n) is 5.23. The maximum atomic E-state index is 12.5. The molecule has 186 valence electrons. The highest BCUT2D eigenvalue weighted by molar-refractivity contribution is 6.00. The molecule has 0 saturated carbocycles. The lowest BCUT2D eigenvalue weighted by Gasteiger charge is -2.14. The molecule has 0 fully saturated rings. The minimum Gasteiger partial charge on any atom is -0.424 e. The van der Waals surface area contributed by atoms with Crippen molar-refractivity contribution in [3.05, 3.63) is 107 Å². The number of benzene rings is 3. The van der Waals surface area contributed by atoms with Gasteiger partial charge in [-0.15, -0.1) is 10.2 Å². The van der Waals surface area contributed by atoms with E-state index in [1.165, 1.54) is 24.3 Å². The van der Waals surface area contributed by atoms with Crippen LogP contribution >= 0.6 is 0 Å². The van der Waals surface area contributed by atoms with E-state index in [1.54, 1.807) is 36.4 Å². The topological polar surface area (TPSA) is 162 Å². The number of nitrogens with one attached hydrogen (secondary N) is 2. The summed E-state index contributed by atoms with van der Waals surface area (Å²) in [5.74, 6) is -0.329. The molecule has 0 spiro atoms. The third-order valence-corrected chi connectivity index (χ3v) is 5.23. The number of amides is 2. The molecule has 1 unspecified atom stereocenters. The standard InChI is InChI=1S/C26H22N6O5/c27-20(18-9-6-10-19(15-18)32(35)36)16-25(33)37-23-12-5-4-11-22(23)28-26(34)29-24-14-13-21(30-31-24)17-7-2-1-3-8-17/h1-15,20H,16,27H2,(H2,28,29,31,34). The number of ether oxygens (including phenoxy) is 1. The number of hydrogen-bond donors (Lipinski definition) is 3. The Kier molecular flexibility index (Phi) is 7.76. The minimum atomic E-state index is -0.812. The fourth-order valence-electron chi connectivity index (χ4n) is 3.42. The molecule has 1 aromatic heterocycles. The van der Waals surface area contributed by atoms with Crippen molar-refractivity contribution >= 4 is 29.2 Å². The monoisotopic (exact) mass is 498 g/mol. The summed E-state index contributed by atoms with van der Waals surface area (Å²) in [5.41, 5.74) is 8.15. The molecule has 11 heteroatoms. The molecule has 0 aliphatic heterocycles. The van der Waals surface area contributed by atoms with Gasteiger partial charge in [0, 0.05) is 23.7 Å². The molecule has 0 bridgehead atoms. The smallest absolute Gasteiger partial charge is 0.325 e. The Morgan fingerprint density at radius 3 is 2.41 bits per heavy atom. The summed E-state index contributed by atoms with van der Waals surface area (Å²) in [6.07, 6.45) is -0.231. The number of rotatable bonds is 8. The van der Waals surface area contributed by atoms with Gasteiger partial charge in [0.2, 0.25) is 0 Å². The van der Waals surface area contributed by atoms with E-state index in [0.29, 0.717) is 11.3 Å². The highest BCUT2D eigenvalue weighted by Crippen LogP contribution is 2.26. The zero-order chi connectivity index (χ0) is 26.2. The molecule has 37 heavy (non-hydrogen) atoms. The van der Waals surface area contributed by atoms with Crippen molar-refractivity contribution in [3.8, 4) is 17.0 Å². The molecular formula is C26H22N6O5. The highest BCUT2D eigenvalue weighted by atomic mass is 16.6. The summed E-state index contributed by atoms with van der Waals surface area (Å²) in [6.45, 7) is 0. The van der Waals surface area contributed by atoms with Crippen LogP contribution in [0, 0.1) is 10.1 Å². The quantitative estimate of drug-likeness (QED) is 0.136. The first-order valence-electron chi connectivity index (χ1n) is 11.2. The molecule has 0 saturated heterocycles. The van der Waals surface area contributed by atoms with Gasteiger partial charge in [0.1, 0.15) is 0 Å². The predicted octanol–water partition coefficient (Wildman–Crippen LogP) is 4.69. The molecule has 0 radical (unpaired) electrons. The Bertz CT molecular complexity index is 1410. The van der Waals surface area contributed by atoms with Crippen molar-refractivity contribution in [3.63, 3.8) is 0 Å². The summed E-state index contributed by atoms with van der Waals surface area (Å²) in [7, 11) is 0. The van der Waals surface area contributed by atoms with Crippen LogP contribution in [0.25, 0.3) is 11.3 Å². The van der Waals surface area contributed by atoms with E-state index < -0.39 is 23.0 Å². The zero-order valence-electron chi connectivity index (χ0n) is 19.4. The normalized spacial score (nSPS) is 11.3. The van der Waals surface area contributed by atoms with E-state index in [1.807, 2.05) is 30.3 Å². The van der Waals surface area contributed by atoms with Crippen LogP contribution < -0.4 is 21.1 Å². The van der Waals surface area contributed by atoms with Crippen molar-refractivity contribution in [1.82, 2.24) is 10.2 Å². The summed E-state index contributed by atoms with van der Waals surface area (Å²) in [6, 6.07) is 23.5. The number of esters is 1. The van der Waals surface area contributed by atoms with E-state index in [0.717, 1.165) is 5.56 Å². The Hall–Kier alpha value is -5.16. The maximum Gasteiger partial charge on any atom is 0.325 e. The second-order valence-electron chi connectivity index (χ2n) is 7.88. The minimum absolute atomic E-state index is 0.111. The number of urea groups is 1. The van der Waals surface area contributed by atoms with Gasteiger partial charge in [0.25, 0.3) is 5.69 Å². The number of anilines is 2. The first-order chi connectivity index (χ1) is 17.9. The molecule has 4 N–H and O–H groups in total. The number of hydrogen-bond acceptors (Lipinski definition) is 8. The SMILES string of the molecule is NC(CC(=O)Oc1ccccc1NC(=O)Nc1ccc(-c2ccccc2)nn1)c1cccc([N+](=O)[O-])c1. The summed E-state index contributed by atoms with van der Waals surface area (Å²) in [4.78, 5) is 35.5. The summed E-state index contributed by atoms with van der Waals surface area (Å²) < 4.78 is 5.41. The molecule has 11 nitrogen and oxygen atoms in total. The molecule has 4 rings (SSSR count). The number of nitro benzene ring substituents is 1. The largest absolute Gasteiger partial charge is 0.424 e. The van der Waals surface area contributed by atoms with Crippen molar-refractivity contribution in [2.45, 2.75) is 12.5 Å². The highest BCUT2D eigenvalue weighted by Gasteiger charge is 2.18. The van der Waals surface area contributed by atoms with Crippen LogP contribution in [-0.2, 0) is 4.79 Å². The van der Waals surface area contributed by atoms with Crippen molar-refractivity contribution in [1.29, 1.82) is 0 Å². The molecule has 1 atom stereocenters. The van der Waals surface area contributed by atoms with E-state index in [-0.39, 0.29) is 29.4 Å². The maximum absolute atomic E-state index is 12.5. The number of aromatic nitrogens is 2. The van der Waals surface area contributed by atoms with Gasteiger partial charge in [0.15, 0.2) is 11.6 Å².